The standard InChI is InChI=1S/C25H30N4O5S/c1-17-7-8-18(25(31)34-3)15-20(17)27-24(30)12-11-23-26-21-16-19(9-10-22(21)28(23)2)35(32,33)29-13-5-4-6-14-29/h7-10,15-16H,4-6,11-14H2,1-3H3,(H,27,30). The van der Waals surface area contributed by atoms with Crippen LogP contribution in [0.1, 0.15) is 47.4 Å². The third-order valence-electron chi connectivity index (χ3n) is 6.41. The quantitative estimate of drug-likeness (QED) is 0.500. The van der Waals surface area contributed by atoms with Crippen LogP contribution in [0.25, 0.3) is 11.0 Å². The largest absolute Gasteiger partial charge is 0.465 e. The third kappa shape index (κ3) is 5.23. The van der Waals surface area contributed by atoms with Gasteiger partial charge in [-0.2, -0.15) is 4.31 Å². The number of hydrogen-bond acceptors (Lipinski definition) is 6. The van der Waals surface area contributed by atoms with Crippen molar-refractivity contribution in [3.63, 3.8) is 0 Å². The van der Waals surface area contributed by atoms with Crippen molar-refractivity contribution in [2.24, 2.45) is 7.05 Å². The van der Waals surface area contributed by atoms with Crippen LogP contribution in [0.15, 0.2) is 41.3 Å². The first kappa shape index (κ1) is 24.9. The minimum absolute atomic E-state index is 0.179. The summed E-state index contributed by atoms with van der Waals surface area (Å²) in [4.78, 5) is 29.3. The van der Waals surface area contributed by atoms with E-state index in [1.54, 1.807) is 40.7 Å². The summed E-state index contributed by atoms with van der Waals surface area (Å²) in [5.74, 6) is 0.000103. The molecule has 186 valence electrons. The van der Waals surface area contributed by atoms with Gasteiger partial charge in [0, 0.05) is 38.7 Å². The Bertz CT molecular complexity index is 1370. The number of carbonyl (C=O) groups excluding carboxylic acids is 2. The first-order valence-electron chi connectivity index (χ1n) is 11.6. The summed E-state index contributed by atoms with van der Waals surface area (Å²) in [6.07, 6.45) is 3.37. The minimum Gasteiger partial charge on any atom is -0.465 e. The Morgan fingerprint density at radius 2 is 1.83 bits per heavy atom. The number of ether oxygens (including phenoxy) is 1. The predicted octanol–water partition coefficient (Wildman–Crippen LogP) is 3.41. The van der Waals surface area contributed by atoms with E-state index in [1.165, 1.54) is 7.11 Å². The fourth-order valence-corrected chi connectivity index (χ4v) is 5.85. The van der Waals surface area contributed by atoms with Crippen molar-refractivity contribution in [1.29, 1.82) is 0 Å². The SMILES string of the molecule is COC(=O)c1ccc(C)c(NC(=O)CCc2nc3cc(S(=O)(=O)N4CCCCC4)ccc3n2C)c1. The van der Waals surface area contributed by atoms with E-state index in [0.717, 1.165) is 30.3 Å². The van der Waals surface area contributed by atoms with Gasteiger partial charge >= 0.3 is 5.97 Å². The average molecular weight is 499 g/mol. The highest BCUT2D eigenvalue weighted by atomic mass is 32.2. The molecule has 0 radical (unpaired) electrons. The van der Waals surface area contributed by atoms with E-state index in [2.05, 4.69) is 10.3 Å². The monoisotopic (exact) mass is 498 g/mol. The molecular weight excluding hydrogens is 468 g/mol. The number of imidazole rings is 1. The van der Waals surface area contributed by atoms with Gasteiger partial charge in [-0.3, -0.25) is 4.79 Å². The van der Waals surface area contributed by atoms with E-state index in [4.69, 9.17) is 4.74 Å². The van der Waals surface area contributed by atoms with Crippen LogP contribution in [-0.4, -0.2) is 54.3 Å². The molecule has 2 heterocycles. The molecule has 1 aromatic heterocycles. The molecule has 4 rings (SSSR count). The summed E-state index contributed by atoms with van der Waals surface area (Å²) in [5.41, 5.74) is 3.13. The molecule has 35 heavy (non-hydrogen) atoms. The number of nitrogens with zero attached hydrogens (tertiary/aromatic N) is 3. The summed E-state index contributed by atoms with van der Waals surface area (Å²) in [6, 6.07) is 10.0. The maximum atomic E-state index is 13.0. The number of nitrogens with one attached hydrogen (secondary N) is 1. The van der Waals surface area contributed by atoms with Crippen LogP contribution in [-0.2, 0) is 33.0 Å². The normalized spacial score (nSPS) is 14.7. The molecule has 1 aliphatic rings. The fraction of sp³-hybridized carbons (Fsp3) is 0.400. The van der Waals surface area contributed by atoms with Crippen molar-refractivity contribution >= 4 is 38.6 Å². The first-order chi connectivity index (χ1) is 16.7. The lowest BCUT2D eigenvalue weighted by molar-refractivity contribution is -0.116. The average Bonchev–Trinajstić information content (AvgIpc) is 3.18. The van der Waals surface area contributed by atoms with Crippen LogP contribution in [0.4, 0.5) is 5.69 Å². The Morgan fingerprint density at radius 1 is 1.09 bits per heavy atom. The van der Waals surface area contributed by atoms with E-state index in [0.29, 0.717) is 42.1 Å². The number of sulfonamides is 1. The number of fused-ring (bicyclic) bond motifs is 1. The number of piperidine rings is 1. The molecule has 3 aromatic rings. The molecule has 10 heteroatoms. The molecule has 1 aliphatic heterocycles. The number of rotatable bonds is 7. The molecule has 1 N–H and O–H groups in total. The maximum Gasteiger partial charge on any atom is 0.337 e. The van der Waals surface area contributed by atoms with Gasteiger partial charge in [-0.05, 0) is 55.7 Å². The Morgan fingerprint density at radius 3 is 2.54 bits per heavy atom. The molecule has 1 saturated heterocycles. The van der Waals surface area contributed by atoms with Crippen molar-refractivity contribution in [2.45, 2.75) is 43.9 Å². The van der Waals surface area contributed by atoms with Crippen LogP contribution in [0.5, 0.6) is 0 Å². The van der Waals surface area contributed by atoms with Crippen LogP contribution in [0.2, 0.25) is 0 Å². The van der Waals surface area contributed by atoms with E-state index in [-0.39, 0.29) is 17.2 Å². The summed E-state index contributed by atoms with van der Waals surface area (Å²) in [6.45, 7) is 2.94. The van der Waals surface area contributed by atoms with Gasteiger partial charge in [0.25, 0.3) is 0 Å². The second kappa shape index (κ2) is 10.2. The van der Waals surface area contributed by atoms with Gasteiger partial charge in [-0.25, -0.2) is 18.2 Å². The lowest BCUT2D eigenvalue weighted by Crippen LogP contribution is -2.35. The molecule has 9 nitrogen and oxygen atoms in total. The van der Waals surface area contributed by atoms with Gasteiger partial charge in [0.05, 0.1) is 28.6 Å². The second-order valence-corrected chi connectivity index (χ2v) is 10.7. The Kier molecular flexibility index (Phi) is 7.23. The molecule has 0 saturated carbocycles. The van der Waals surface area contributed by atoms with Crippen LogP contribution < -0.4 is 5.32 Å². The number of aromatic nitrogens is 2. The molecule has 1 fully saturated rings. The number of methoxy groups -OCH3 is 1. The number of anilines is 1. The molecule has 0 bridgehead atoms. The molecule has 0 aliphatic carbocycles. The number of esters is 1. The van der Waals surface area contributed by atoms with Crippen molar-refractivity contribution in [2.75, 3.05) is 25.5 Å². The summed E-state index contributed by atoms with van der Waals surface area (Å²) in [5, 5.41) is 2.85. The molecule has 0 unspecified atom stereocenters. The van der Waals surface area contributed by atoms with Crippen molar-refractivity contribution < 1.29 is 22.7 Å². The maximum absolute atomic E-state index is 13.0. The first-order valence-corrected chi connectivity index (χ1v) is 13.1. The highest BCUT2D eigenvalue weighted by molar-refractivity contribution is 7.89. The number of hydrogen-bond donors (Lipinski definition) is 1. The van der Waals surface area contributed by atoms with E-state index < -0.39 is 16.0 Å². The van der Waals surface area contributed by atoms with Gasteiger partial charge < -0.3 is 14.6 Å². The molecule has 0 spiro atoms. The molecule has 1 amide bonds. The zero-order valence-electron chi connectivity index (χ0n) is 20.2. The predicted molar refractivity (Wildman–Crippen MR) is 133 cm³/mol. The van der Waals surface area contributed by atoms with Crippen LogP contribution in [0, 0.1) is 6.92 Å². The topological polar surface area (TPSA) is 111 Å². The number of benzene rings is 2. The fourth-order valence-electron chi connectivity index (χ4n) is 4.31. The third-order valence-corrected chi connectivity index (χ3v) is 8.30. The lowest BCUT2D eigenvalue weighted by Gasteiger charge is -2.25. The van der Waals surface area contributed by atoms with Gasteiger partial charge in [0.15, 0.2) is 0 Å². The summed E-state index contributed by atoms with van der Waals surface area (Å²) < 4.78 is 34.2. The van der Waals surface area contributed by atoms with E-state index in [1.807, 2.05) is 18.5 Å². The van der Waals surface area contributed by atoms with Crippen molar-refractivity contribution in [1.82, 2.24) is 13.9 Å². The lowest BCUT2D eigenvalue weighted by atomic mass is 10.1. The summed E-state index contributed by atoms with van der Waals surface area (Å²) >= 11 is 0. The van der Waals surface area contributed by atoms with Gasteiger partial charge in [-0.15, -0.1) is 0 Å². The molecule has 0 atom stereocenters. The van der Waals surface area contributed by atoms with Crippen LogP contribution >= 0.6 is 0 Å². The zero-order valence-corrected chi connectivity index (χ0v) is 21.0. The van der Waals surface area contributed by atoms with Gasteiger partial charge in [-0.1, -0.05) is 12.5 Å². The Balaban J connectivity index is 1.48. The van der Waals surface area contributed by atoms with Gasteiger partial charge in [0.2, 0.25) is 15.9 Å². The van der Waals surface area contributed by atoms with Gasteiger partial charge in [0.1, 0.15) is 5.82 Å². The van der Waals surface area contributed by atoms with Crippen molar-refractivity contribution in [3.05, 3.63) is 53.3 Å². The number of amides is 1. The van der Waals surface area contributed by atoms with E-state index in [9.17, 15) is 18.0 Å². The van der Waals surface area contributed by atoms with Crippen LogP contribution in [0.3, 0.4) is 0 Å². The second-order valence-electron chi connectivity index (χ2n) is 8.77. The number of aryl methyl sites for hydroxylation is 3. The smallest absolute Gasteiger partial charge is 0.337 e. The molecule has 2 aromatic carbocycles. The van der Waals surface area contributed by atoms with E-state index >= 15 is 0 Å². The Hall–Kier alpha value is -3.24. The Labute approximate surface area is 205 Å². The number of carbonyl (C=O) groups is 2. The highest BCUT2D eigenvalue weighted by Crippen LogP contribution is 2.25. The molecular formula is C25H30N4O5S. The highest BCUT2D eigenvalue weighted by Gasteiger charge is 2.26. The zero-order chi connectivity index (χ0) is 25.2. The summed E-state index contributed by atoms with van der Waals surface area (Å²) in [7, 11) is -0.385. The van der Waals surface area contributed by atoms with Crippen molar-refractivity contribution in [3.8, 4) is 0 Å². The minimum atomic E-state index is -3.55.